The first kappa shape index (κ1) is 38.7. The molecular formula is C48H48N6O6. The number of rotatable bonds is 8. The normalized spacial score (nSPS) is 16.7. The van der Waals surface area contributed by atoms with E-state index in [1.165, 1.54) is 16.5 Å². The third-order valence-corrected chi connectivity index (χ3v) is 12.8. The average Bonchev–Trinajstić information content (AvgIpc) is 4.09. The van der Waals surface area contributed by atoms with Crippen molar-refractivity contribution in [3.63, 3.8) is 0 Å². The van der Waals surface area contributed by atoms with Gasteiger partial charge in [0.2, 0.25) is 0 Å². The van der Waals surface area contributed by atoms with Gasteiger partial charge in [0.15, 0.2) is 0 Å². The molecule has 0 aliphatic heterocycles. The molecule has 1 fully saturated rings. The highest BCUT2D eigenvalue weighted by atomic mass is 16.4. The molecule has 12 nitrogen and oxygen atoms in total. The highest BCUT2D eigenvalue weighted by Gasteiger charge is 2.36. The Kier molecular flexibility index (Phi) is 9.73. The Morgan fingerprint density at radius 2 is 1.13 bits per heavy atom. The van der Waals surface area contributed by atoms with E-state index in [1.807, 2.05) is 74.8 Å². The minimum atomic E-state index is -0.934. The van der Waals surface area contributed by atoms with E-state index in [1.54, 1.807) is 18.3 Å². The molecule has 0 radical (unpaired) electrons. The van der Waals surface area contributed by atoms with Crippen molar-refractivity contribution in [1.82, 2.24) is 27.4 Å². The molecular weight excluding hydrogens is 757 g/mol. The number of hydrogen-bond donors (Lipinski definition) is 2. The Bertz CT molecular complexity index is 3180. The van der Waals surface area contributed by atoms with Crippen LogP contribution >= 0.6 is 0 Å². The van der Waals surface area contributed by atoms with Crippen LogP contribution in [0.5, 0.6) is 0 Å². The average molecular weight is 805 g/mol. The molecule has 4 aromatic heterocycles. The molecule has 1 saturated carbocycles. The van der Waals surface area contributed by atoms with E-state index in [2.05, 4.69) is 59.6 Å². The summed E-state index contributed by atoms with van der Waals surface area (Å²) in [5.41, 5.74) is 10.7. The number of para-hydroxylation sites is 4. The highest BCUT2D eigenvalue weighted by molar-refractivity contribution is 5.96. The third kappa shape index (κ3) is 6.29. The van der Waals surface area contributed by atoms with Gasteiger partial charge in [-0.25, -0.2) is 14.4 Å². The molecule has 60 heavy (non-hydrogen) atoms. The summed E-state index contributed by atoms with van der Waals surface area (Å²) in [5.74, 6) is -2.26. The molecule has 0 bridgehead atoms. The van der Waals surface area contributed by atoms with E-state index in [-0.39, 0.29) is 17.4 Å². The topological polar surface area (TPSA) is 138 Å². The predicted molar refractivity (Wildman–Crippen MR) is 235 cm³/mol. The SMILES string of the molecule is Cc1cccc2c1c(Cn1c(=O)n(C3=C(C(=O)O)CCC3)c3ccccc31)cn2C.Cc1cccc2c1c(Cn1c(=O)n(C3CCCC3C(=O)O)c3ccccc31)cn2C. The van der Waals surface area contributed by atoms with E-state index in [0.717, 1.165) is 68.9 Å². The first-order valence-corrected chi connectivity index (χ1v) is 20.6. The number of imidazole rings is 2. The Labute approximate surface area is 345 Å². The van der Waals surface area contributed by atoms with E-state index >= 15 is 0 Å². The van der Waals surface area contributed by atoms with Crippen molar-refractivity contribution in [2.75, 3.05) is 0 Å². The van der Waals surface area contributed by atoms with Crippen LogP contribution in [0.15, 0.2) is 112 Å². The van der Waals surface area contributed by atoms with E-state index < -0.39 is 17.9 Å². The second-order valence-corrected chi connectivity index (χ2v) is 16.4. The zero-order valence-electron chi connectivity index (χ0n) is 34.3. The number of carboxylic acids is 2. The van der Waals surface area contributed by atoms with Crippen LogP contribution in [0, 0.1) is 19.8 Å². The van der Waals surface area contributed by atoms with Crippen molar-refractivity contribution >= 4 is 61.5 Å². The minimum absolute atomic E-state index is 0.125. The van der Waals surface area contributed by atoms with Crippen LogP contribution in [0.3, 0.4) is 0 Å². The Balaban J connectivity index is 0.000000154. The van der Waals surface area contributed by atoms with Gasteiger partial charge in [-0.15, -0.1) is 0 Å². The molecule has 8 aromatic rings. The fraction of sp³-hybridized carbons (Fsp3) is 0.292. The number of carbonyl (C=O) groups is 2. The van der Waals surface area contributed by atoms with Crippen LogP contribution in [0.25, 0.3) is 49.6 Å². The van der Waals surface area contributed by atoms with Gasteiger partial charge < -0.3 is 19.3 Å². The zero-order chi connectivity index (χ0) is 42.0. The van der Waals surface area contributed by atoms with E-state index in [9.17, 15) is 29.4 Å². The largest absolute Gasteiger partial charge is 0.481 e. The molecule has 10 rings (SSSR count). The van der Waals surface area contributed by atoms with E-state index in [0.29, 0.717) is 43.6 Å². The van der Waals surface area contributed by atoms with Gasteiger partial charge in [0.1, 0.15) is 0 Å². The molecule has 306 valence electrons. The minimum Gasteiger partial charge on any atom is -0.481 e. The maximum atomic E-state index is 13.6. The molecule has 2 unspecified atom stereocenters. The summed E-state index contributed by atoms with van der Waals surface area (Å²) in [4.78, 5) is 50.7. The van der Waals surface area contributed by atoms with Crippen LogP contribution in [0.1, 0.15) is 66.8 Å². The summed E-state index contributed by atoms with van der Waals surface area (Å²) >= 11 is 0. The first-order valence-electron chi connectivity index (χ1n) is 20.6. The number of hydrogen-bond acceptors (Lipinski definition) is 4. The molecule has 0 amide bonds. The molecule has 4 aromatic carbocycles. The Hall–Kier alpha value is -6.82. The summed E-state index contributed by atoms with van der Waals surface area (Å²) < 4.78 is 11.1. The van der Waals surface area contributed by atoms with Gasteiger partial charge >= 0.3 is 23.3 Å². The van der Waals surface area contributed by atoms with Gasteiger partial charge in [-0.1, -0.05) is 55.0 Å². The Morgan fingerprint density at radius 1 is 0.617 bits per heavy atom. The van der Waals surface area contributed by atoms with Crippen molar-refractivity contribution in [3.05, 3.63) is 146 Å². The molecule has 0 saturated heterocycles. The lowest BCUT2D eigenvalue weighted by Gasteiger charge is -2.17. The summed E-state index contributed by atoms with van der Waals surface area (Å²) in [6.45, 7) is 5.07. The number of allylic oxidation sites excluding steroid dienone is 1. The van der Waals surface area contributed by atoms with Crippen molar-refractivity contribution in [3.8, 4) is 0 Å². The number of fused-ring (bicyclic) bond motifs is 4. The quantitative estimate of drug-likeness (QED) is 0.159. The second-order valence-electron chi connectivity index (χ2n) is 16.4. The van der Waals surface area contributed by atoms with Gasteiger partial charge in [0.05, 0.1) is 52.7 Å². The van der Waals surface area contributed by atoms with Crippen LogP contribution in [-0.2, 0) is 36.8 Å². The summed E-state index contributed by atoms with van der Waals surface area (Å²) in [6, 6.07) is 27.5. The molecule has 2 N–H and O–H groups in total. The number of nitrogens with zero attached hydrogens (tertiary/aromatic N) is 6. The number of benzene rings is 4. The van der Waals surface area contributed by atoms with Crippen LogP contribution in [0.2, 0.25) is 0 Å². The molecule has 4 heterocycles. The van der Waals surface area contributed by atoms with E-state index in [4.69, 9.17) is 0 Å². The third-order valence-electron chi connectivity index (χ3n) is 12.8. The van der Waals surface area contributed by atoms with Crippen molar-refractivity contribution in [2.45, 2.75) is 71.5 Å². The molecule has 0 spiro atoms. The van der Waals surface area contributed by atoms with Crippen LogP contribution in [-0.4, -0.2) is 49.6 Å². The Morgan fingerprint density at radius 3 is 1.70 bits per heavy atom. The van der Waals surface area contributed by atoms with Crippen molar-refractivity contribution in [1.29, 1.82) is 0 Å². The molecule has 2 atom stereocenters. The smallest absolute Gasteiger partial charge is 0.333 e. The summed E-state index contributed by atoms with van der Waals surface area (Å²) in [7, 11) is 4.03. The van der Waals surface area contributed by atoms with Crippen molar-refractivity contribution < 1.29 is 19.8 Å². The lowest BCUT2D eigenvalue weighted by Crippen LogP contribution is -2.31. The first-order chi connectivity index (χ1) is 28.9. The second kappa shape index (κ2) is 15.1. The standard InChI is InChI=1S/C24H25N3O3.C24H23N3O3/c2*1-15-7-5-12-21-22(15)16(13-25(21)2)14-26-19-9-3-4-10-20(19)27(24(26)30)18-11-6-8-17(18)23(28)29/h3-5,7,9-10,12-13,17-18H,6,8,11,14H2,1-2H3,(H,28,29);3-5,7,9-10,12-13H,6,8,11,14H2,1-2H3,(H,28,29). The lowest BCUT2D eigenvalue weighted by atomic mass is 10.0. The van der Waals surface area contributed by atoms with Gasteiger partial charge in [0.25, 0.3) is 0 Å². The predicted octanol–water partition coefficient (Wildman–Crippen LogP) is 8.21. The van der Waals surface area contributed by atoms with Gasteiger partial charge in [-0.05, 0) is 105 Å². The summed E-state index contributed by atoms with van der Waals surface area (Å²) in [6.07, 6.45) is 8.19. The van der Waals surface area contributed by atoms with Gasteiger partial charge in [-0.2, -0.15) is 0 Å². The van der Waals surface area contributed by atoms with Crippen LogP contribution in [0.4, 0.5) is 0 Å². The number of aliphatic carboxylic acids is 2. The lowest BCUT2D eigenvalue weighted by molar-refractivity contribution is -0.142. The summed E-state index contributed by atoms with van der Waals surface area (Å²) in [5, 5.41) is 21.6. The molecule has 12 heteroatoms. The maximum absolute atomic E-state index is 13.6. The zero-order valence-corrected chi connectivity index (χ0v) is 34.3. The fourth-order valence-electron chi connectivity index (χ4n) is 10.1. The number of aryl methyl sites for hydroxylation is 4. The number of aromatic nitrogens is 6. The van der Waals surface area contributed by atoms with Gasteiger partial charge in [-0.3, -0.25) is 23.1 Å². The molecule has 2 aliphatic rings. The van der Waals surface area contributed by atoms with Gasteiger partial charge in [0, 0.05) is 54.0 Å². The fourth-order valence-corrected chi connectivity index (χ4v) is 10.1. The van der Waals surface area contributed by atoms with Crippen LogP contribution < -0.4 is 11.4 Å². The molecule has 2 aliphatic carbocycles. The monoisotopic (exact) mass is 804 g/mol. The maximum Gasteiger partial charge on any atom is 0.333 e. The number of carboxylic acid groups (broad SMARTS) is 2. The highest BCUT2D eigenvalue weighted by Crippen LogP contribution is 2.38. The van der Waals surface area contributed by atoms with Crippen molar-refractivity contribution in [2.24, 2.45) is 20.0 Å².